The standard InChI is InChI=1S/C15H12F3N5OS/c1-8-7-9(2)23(22-8)11-5-3-10(4-6-11)12(24)19-14-21-20-13(25-14)15(16,17)18/h3-7H,1-2H3,(H,19,21,24). The molecule has 6 nitrogen and oxygen atoms in total. The van der Waals surface area contributed by atoms with E-state index in [2.05, 4.69) is 20.6 Å². The van der Waals surface area contributed by atoms with Crippen molar-refractivity contribution in [3.05, 3.63) is 52.3 Å². The fraction of sp³-hybridized carbons (Fsp3) is 0.200. The van der Waals surface area contributed by atoms with Crippen LogP contribution in [0.1, 0.15) is 26.8 Å². The number of hydrogen-bond acceptors (Lipinski definition) is 5. The van der Waals surface area contributed by atoms with Crippen molar-refractivity contribution in [3.63, 3.8) is 0 Å². The van der Waals surface area contributed by atoms with Gasteiger partial charge in [-0.25, -0.2) is 4.68 Å². The molecule has 0 unspecified atom stereocenters. The fourth-order valence-corrected chi connectivity index (χ4v) is 2.81. The van der Waals surface area contributed by atoms with Gasteiger partial charge in [0.25, 0.3) is 5.91 Å². The number of rotatable bonds is 3. The Morgan fingerprint density at radius 1 is 1.16 bits per heavy atom. The van der Waals surface area contributed by atoms with E-state index in [0.717, 1.165) is 17.1 Å². The summed E-state index contributed by atoms with van der Waals surface area (Å²) < 4.78 is 39.2. The van der Waals surface area contributed by atoms with Gasteiger partial charge in [-0.3, -0.25) is 10.1 Å². The predicted octanol–water partition coefficient (Wildman–Crippen LogP) is 3.61. The van der Waals surface area contributed by atoms with Crippen molar-refractivity contribution >= 4 is 22.4 Å². The molecule has 0 fully saturated rings. The van der Waals surface area contributed by atoms with Crippen LogP contribution in [0.2, 0.25) is 0 Å². The van der Waals surface area contributed by atoms with Crippen LogP contribution >= 0.6 is 11.3 Å². The zero-order valence-corrected chi connectivity index (χ0v) is 13.9. The van der Waals surface area contributed by atoms with Gasteiger partial charge in [0, 0.05) is 11.3 Å². The summed E-state index contributed by atoms with van der Waals surface area (Å²) in [5.41, 5.74) is 2.88. The summed E-state index contributed by atoms with van der Waals surface area (Å²) in [6.07, 6.45) is -4.58. The normalized spacial score (nSPS) is 11.6. The van der Waals surface area contributed by atoms with Crippen LogP contribution in [0, 0.1) is 13.8 Å². The number of amides is 1. The van der Waals surface area contributed by atoms with Crippen LogP contribution in [-0.4, -0.2) is 25.9 Å². The molecule has 0 aliphatic carbocycles. The van der Waals surface area contributed by atoms with Crippen LogP contribution in [0.15, 0.2) is 30.3 Å². The molecule has 0 saturated heterocycles. The zero-order chi connectivity index (χ0) is 18.2. The van der Waals surface area contributed by atoms with Gasteiger partial charge in [-0.2, -0.15) is 18.3 Å². The highest BCUT2D eigenvalue weighted by Crippen LogP contribution is 2.33. The van der Waals surface area contributed by atoms with Gasteiger partial charge in [-0.1, -0.05) is 11.3 Å². The van der Waals surface area contributed by atoms with E-state index >= 15 is 0 Å². The third-order valence-electron chi connectivity index (χ3n) is 3.27. The highest BCUT2D eigenvalue weighted by molar-refractivity contribution is 7.15. The Kier molecular flexibility index (Phi) is 4.29. The lowest BCUT2D eigenvalue weighted by Gasteiger charge is -2.06. The molecule has 25 heavy (non-hydrogen) atoms. The summed E-state index contributed by atoms with van der Waals surface area (Å²) in [6, 6.07) is 8.46. The summed E-state index contributed by atoms with van der Waals surface area (Å²) in [5, 5.41) is 11.7. The number of carbonyl (C=O) groups excluding carboxylic acids is 1. The molecular formula is C15H12F3N5OS. The van der Waals surface area contributed by atoms with Crippen LogP contribution in [0.4, 0.5) is 18.3 Å². The smallest absolute Gasteiger partial charge is 0.296 e. The summed E-state index contributed by atoms with van der Waals surface area (Å²) in [5.74, 6) is -0.565. The molecule has 0 radical (unpaired) electrons. The number of hydrogen-bond donors (Lipinski definition) is 1. The largest absolute Gasteiger partial charge is 0.445 e. The minimum atomic E-state index is -4.58. The van der Waals surface area contributed by atoms with Gasteiger partial charge in [0.1, 0.15) is 0 Å². The van der Waals surface area contributed by atoms with Gasteiger partial charge >= 0.3 is 6.18 Å². The van der Waals surface area contributed by atoms with Gasteiger partial charge in [0.15, 0.2) is 0 Å². The number of aryl methyl sites for hydroxylation is 2. The van der Waals surface area contributed by atoms with E-state index in [0.29, 0.717) is 0 Å². The Balaban J connectivity index is 1.75. The predicted molar refractivity (Wildman–Crippen MR) is 85.9 cm³/mol. The summed E-state index contributed by atoms with van der Waals surface area (Å²) in [7, 11) is 0. The Labute approximate surface area is 144 Å². The highest BCUT2D eigenvalue weighted by atomic mass is 32.1. The quantitative estimate of drug-likeness (QED) is 0.768. The van der Waals surface area contributed by atoms with Crippen molar-refractivity contribution in [3.8, 4) is 5.69 Å². The zero-order valence-electron chi connectivity index (χ0n) is 13.1. The first-order valence-corrected chi connectivity index (χ1v) is 7.91. The van der Waals surface area contributed by atoms with Gasteiger partial charge < -0.3 is 0 Å². The molecule has 3 rings (SSSR count). The topological polar surface area (TPSA) is 72.7 Å². The number of halogens is 3. The number of anilines is 1. The van der Waals surface area contributed by atoms with Crippen molar-refractivity contribution in [2.45, 2.75) is 20.0 Å². The maximum absolute atomic E-state index is 12.5. The van der Waals surface area contributed by atoms with Crippen LogP contribution in [0.25, 0.3) is 5.69 Å². The van der Waals surface area contributed by atoms with Crippen LogP contribution in [0.5, 0.6) is 0 Å². The third-order valence-corrected chi connectivity index (χ3v) is 4.16. The van der Waals surface area contributed by atoms with Crippen molar-refractivity contribution < 1.29 is 18.0 Å². The molecule has 0 saturated carbocycles. The number of nitrogens with zero attached hydrogens (tertiary/aromatic N) is 4. The molecule has 2 aromatic heterocycles. The molecule has 1 amide bonds. The first-order chi connectivity index (χ1) is 11.7. The number of alkyl halides is 3. The molecule has 2 heterocycles. The van der Waals surface area contributed by atoms with E-state index in [-0.39, 0.29) is 22.0 Å². The van der Waals surface area contributed by atoms with E-state index in [1.807, 2.05) is 19.9 Å². The molecule has 3 aromatic rings. The Hall–Kier alpha value is -2.75. The first kappa shape index (κ1) is 17.1. The molecule has 10 heteroatoms. The molecule has 130 valence electrons. The van der Waals surface area contributed by atoms with E-state index in [1.165, 1.54) is 0 Å². The maximum Gasteiger partial charge on any atom is 0.445 e. The fourth-order valence-electron chi connectivity index (χ4n) is 2.20. The number of aromatic nitrogens is 4. The van der Waals surface area contributed by atoms with Crippen molar-refractivity contribution in [1.29, 1.82) is 0 Å². The second kappa shape index (κ2) is 6.28. The van der Waals surface area contributed by atoms with Crippen LogP contribution < -0.4 is 5.32 Å². The van der Waals surface area contributed by atoms with Gasteiger partial charge in [0.05, 0.1) is 11.4 Å². The van der Waals surface area contributed by atoms with Gasteiger partial charge in [0.2, 0.25) is 10.1 Å². The Morgan fingerprint density at radius 2 is 1.84 bits per heavy atom. The summed E-state index contributed by atoms with van der Waals surface area (Å²) >= 11 is 0.274. The van der Waals surface area contributed by atoms with E-state index in [1.54, 1.807) is 28.9 Å². The maximum atomic E-state index is 12.5. The van der Waals surface area contributed by atoms with Gasteiger partial charge in [-0.05, 0) is 44.2 Å². The monoisotopic (exact) mass is 367 g/mol. The van der Waals surface area contributed by atoms with E-state index in [4.69, 9.17) is 0 Å². The third kappa shape index (κ3) is 3.68. The van der Waals surface area contributed by atoms with Crippen molar-refractivity contribution in [1.82, 2.24) is 20.0 Å². The molecule has 0 bridgehead atoms. The second-order valence-electron chi connectivity index (χ2n) is 5.25. The minimum Gasteiger partial charge on any atom is -0.296 e. The average molecular weight is 367 g/mol. The Bertz CT molecular complexity index is 914. The molecule has 0 aliphatic heterocycles. The Morgan fingerprint density at radius 3 is 2.36 bits per heavy atom. The van der Waals surface area contributed by atoms with Crippen LogP contribution in [-0.2, 0) is 6.18 Å². The molecule has 0 spiro atoms. The van der Waals surface area contributed by atoms with Gasteiger partial charge in [-0.15, -0.1) is 10.2 Å². The number of nitrogens with one attached hydrogen (secondary N) is 1. The molecule has 0 aliphatic rings. The lowest BCUT2D eigenvalue weighted by Crippen LogP contribution is -2.12. The minimum absolute atomic E-state index is 0.208. The van der Waals surface area contributed by atoms with Crippen molar-refractivity contribution in [2.24, 2.45) is 0 Å². The molecule has 0 atom stereocenters. The summed E-state index contributed by atoms with van der Waals surface area (Å²) in [6.45, 7) is 3.79. The number of benzene rings is 1. The number of carbonyl (C=O) groups is 1. The first-order valence-electron chi connectivity index (χ1n) is 7.10. The van der Waals surface area contributed by atoms with E-state index < -0.39 is 17.1 Å². The molecular weight excluding hydrogens is 355 g/mol. The van der Waals surface area contributed by atoms with Crippen molar-refractivity contribution in [2.75, 3.05) is 5.32 Å². The summed E-state index contributed by atoms with van der Waals surface area (Å²) in [4.78, 5) is 12.1. The highest BCUT2D eigenvalue weighted by Gasteiger charge is 2.35. The van der Waals surface area contributed by atoms with Crippen LogP contribution in [0.3, 0.4) is 0 Å². The lowest BCUT2D eigenvalue weighted by atomic mass is 10.2. The lowest BCUT2D eigenvalue weighted by molar-refractivity contribution is -0.138. The van der Waals surface area contributed by atoms with E-state index in [9.17, 15) is 18.0 Å². The second-order valence-corrected chi connectivity index (χ2v) is 6.23. The molecule has 1 N–H and O–H groups in total. The molecule has 1 aromatic carbocycles. The average Bonchev–Trinajstić information content (AvgIpc) is 3.13. The SMILES string of the molecule is Cc1cc(C)n(-c2ccc(C(=O)Nc3nnc(C(F)(F)F)s3)cc2)n1.